The van der Waals surface area contributed by atoms with E-state index in [1.807, 2.05) is 97.1 Å². The molecule has 4 atom stereocenters. The number of phenolic OH excluding ortho intramolecular Hbond substituents is 1. The number of hydrogen-bond donors (Lipinski definition) is 2. The van der Waals surface area contributed by atoms with Crippen LogP contribution in [0.15, 0.2) is 145 Å². The van der Waals surface area contributed by atoms with Gasteiger partial charge in [0.1, 0.15) is 5.75 Å². The van der Waals surface area contributed by atoms with E-state index in [2.05, 4.69) is 20.8 Å². The van der Waals surface area contributed by atoms with Crippen LogP contribution >= 0.6 is 0 Å². The molecule has 0 spiro atoms. The summed E-state index contributed by atoms with van der Waals surface area (Å²) >= 11 is 0. The van der Waals surface area contributed by atoms with Gasteiger partial charge in [0, 0.05) is 5.56 Å². The molecule has 2 saturated heterocycles. The summed E-state index contributed by atoms with van der Waals surface area (Å²) in [5, 5.41) is 23.7. The molecule has 342 valence electrons. The van der Waals surface area contributed by atoms with Gasteiger partial charge in [-0.3, -0.25) is 9.59 Å². The fourth-order valence-electron chi connectivity index (χ4n) is 10.2. The van der Waals surface area contributed by atoms with Crippen molar-refractivity contribution in [2.45, 2.75) is 69.8 Å². The Hall–Kier alpha value is -5.74. The molecule has 66 heavy (non-hydrogen) atoms. The molecule has 0 radical (unpaired) electrons. The highest BCUT2D eigenvalue weighted by atomic mass is 28.4. The molecule has 2 heterocycles. The van der Waals surface area contributed by atoms with Crippen LogP contribution in [0.4, 0.5) is 32.0 Å². The zero-order chi connectivity index (χ0) is 47.2. The quantitative estimate of drug-likeness (QED) is 0.0451. The number of alkyl halides is 6. The van der Waals surface area contributed by atoms with E-state index in [0.717, 1.165) is 21.5 Å². The Balaban J connectivity index is 1.25. The molecule has 3 aliphatic rings. The second kappa shape index (κ2) is 18.2. The highest BCUT2D eigenvalue weighted by Gasteiger charge is 2.59. The fourth-order valence-corrected chi connectivity index (χ4v) is 14.8. The van der Waals surface area contributed by atoms with Crippen molar-refractivity contribution in [3.05, 3.63) is 167 Å². The monoisotopic (exact) mass is 923 g/mol. The van der Waals surface area contributed by atoms with E-state index in [4.69, 9.17) is 9.08 Å². The molecule has 2 amide bonds. The van der Waals surface area contributed by atoms with Crippen molar-refractivity contribution in [2.24, 2.45) is 17.8 Å². The average Bonchev–Trinajstić information content (AvgIpc) is 3.53. The molecule has 0 saturated carbocycles. The zero-order valence-corrected chi connectivity index (χ0v) is 37.4. The molecular weight excluding hydrogens is 875 g/mol. The second-order valence-electron chi connectivity index (χ2n) is 18.2. The Kier molecular flexibility index (Phi) is 12.9. The van der Waals surface area contributed by atoms with E-state index in [0.29, 0.717) is 40.2 Å². The standard InChI is InChI=1S/C51H48BF6NO6Si/c1-49(2,3)66(39-18-9-5-10-19-39,40-20-11-6-12-21-40)64-31-35-26-41-46(48(62)59(47(41)61)38-28-36(50(53,54)55)27-37(29-38)51(56,57)58)42-30-52(63)65-44(45(35)42)24-23-33(32-15-7-4-8-16-32)25-34-17-13-14-22-43(34)60/h4-22,25,27-29,41-42,44,46,60,63H,23-24,26,30-31H2,1-3H3/b33-25-/t41-,42+,44-,46-/m1/s1. The van der Waals surface area contributed by atoms with Crippen molar-refractivity contribution in [3.8, 4) is 5.75 Å². The zero-order valence-electron chi connectivity index (χ0n) is 36.4. The van der Waals surface area contributed by atoms with Crippen molar-refractivity contribution >= 4 is 55.0 Å². The number of benzene rings is 5. The van der Waals surface area contributed by atoms with Gasteiger partial charge in [0.15, 0.2) is 0 Å². The van der Waals surface area contributed by atoms with Crippen molar-refractivity contribution in [1.29, 1.82) is 0 Å². The topological polar surface area (TPSA) is 96.3 Å². The Bertz CT molecular complexity index is 2580. The van der Waals surface area contributed by atoms with Crippen LogP contribution in [0.3, 0.4) is 0 Å². The van der Waals surface area contributed by atoms with Crippen LogP contribution < -0.4 is 15.3 Å². The van der Waals surface area contributed by atoms with Gasteiger partial charge in [-0.2, -0.15) is 26.3 Å². The third-order valence-electron chi connectivity index (χ3n) is 13.1. The summed E-state index contributed by atoms with van der Waals surface area (Å²) < 4.78 is 98.6. The number of rotatable bonds is 11. The molecule has 0 aromatic heterocycles. The Morgan fingerprint density at radius 1 is 0.773 bits per heavy atom. The fraction of sp³-hybridized carbons (Fsp3) is 0.294. The summed E-state index contributed by atoms with van der Waals surface area (Å²) in [4.78, 5) is 29.8. The second-order valence-corrected chi connectivity index (χ2v) is 22.5. The summed E-state index contributed by atoms with van der Waals surface area (Å²) in [5.74, 6) is -5.15. The number of carbonyl (C=O) groups is 2. The molecule has 2 N–H and O–H groups in total. The summed E-state index contributed by atoms with van der Waals surface area (Å²) in [6.45, 7) is 6.25. The van der Waals surface area contributed by atoms with Crippen molar-refractivity contribution in [1.82, 2.24) is 0 Å². The number of phenols is 1. The lowest BCUT2D eigenvalue weighted by atomic mass is 9.58. The minimum Gasteiger partial charge on any atom is -0.507 e. The third kappa shape index (κ3) is 9.05. The first-order valence-corrected chi connectivity index (χ1v) is 23.7. The van der Waals surface area contributed by atoms with E-state index in [-0.39, 0.29) is 37.6 Å². The van der Waals surface area contributed by atoms with Crippen LogP contribution in [0.2, 0.25) is 11.4 Å². The van der Waals surface area contributed by atoms with Gasteiger partial charge in [-0.15, -0.1) is 0 Å². The maximum atomic E-state index is 14.7. The van der Waals surface area contributed by atoms with E-state index >= 15 is 0 Å². The molecule has 2 fully saturated rings. The predicted octanol–water partition coefficient (Wildman–Crippen LogP) is 10.3. The molecule has 5 aromatic rings. The van der Waals surface area contributed by atoms with Gasteiger partial charge < -0.3 is 19.2 Å². The van der Waals surface area contributed by atoms with E-state index < -0.39 is 85.3 Å². The van der Waals surface area contributed by atoms with Crippen LogP contribution in [-0.2, 0) is 31.0 Å². The number of halogens is 6. The highest BCUT2D eigenvalue weighted by Crippen LogP contribution is 2.53. The first-order chi connectivity index (χ1) is 31.3. The Labute approximate surface area is 380 Å². The molecule has 15 heteroatoms. The molecule has 0 unspecified atom stereocenters. The number of aromatic hydroxyl groups is 1. The molecular formula is C51H48BF6NO6Si. The van der Waals surface area contributed by atoms with Gasteiger partial charge in [0.2, 0.25) is 11.8 Å². The lowest BCUT2D eigenvalue weighted by molar-refractivity contribution is -0.143. The number of hydrogen-bond acceptors (Lipinski definition) is 6. The third-order valence-corrected chi connectivity index (χ3v) is 18.1. The first-order valence-electron chi connectivity index (χ1n) is 21.8. The normalized spacial score (nSPS) is 20.7. The van der Waals surface area contributed by atoms with Crippen molar-refractivity contribution < 1.29 is 55.1 Å². The molecule has 1 aliphatic carbocycles. The maximum absolute atomic E-state index is 14.7. The van der Waals surface area contributed by atoms with Crippen molar-refractivity contribution in [2.75, 3.05) is 11.5 Å². The largest absolute Gasteiger partial charge is 0.507 e. The number of allylic oxidation sites excluding steroid dienone is 1. The van der Waals surface area contributed by atoms with Crippen LogP contribution in [0.5, 0.6) is 5.75 Å². The lowest BCUT2D eigenvalue weighted by Gasteiger charge is -2.46. The number of imide groups is 1. The van der Waals surface area contributed by atoms with E-state index in [9.17, 15) is 46.1 Å². The molecule has 0 bridgehead atoms. The predicted molar refractivity (Wildman–Crippen MR) is 244 cm³/mol. The van der Waals surface area contributed by atoms with E-state index in [1.165, 1.54) is 0 Å². The maximum Gasteiger partial charge on any atom is 0.455 e. The minimum atomic E-state index is -5.22. The molecule has 5 aromatic carbocycles. The number of fused-ring (bicyclic) bond motifs is 3. The summed E-state index contributed by atoms with van der Waals surface area (Å²) in [6.07, 6.45) is -9.14. The summed E-state index contributed by atoms with van der Waals surface area (Å²) in [7, 11) is -4.70. The van der Waals surface area contributed by atoms with Gasteiger partial charge in [0.05, 0.1) is 41.4 Å². The van der Waals surface area contributed by atoms with Crippen LogP contribution in [0, 0.1) is 17.8 Å². The Morgan fingerprint density at radius 2 is 1.32 bits per heavy atom. The minimum absolute atomic E-state index is 0.0434. The van der Waals surface area contributed by atoms with Gasteiger partial charge >= 0.3 is 19.5 Å². The van der Waals surface area contributed by atoms with Gasteiger partial charge in [0.25, 0.3) is 8.32 Å². The lowest BCUT2D eigenvalue weighted by Crippen LogP contribution is -2.66. The summed E-state index contributed by atoms with van der Waals surface area (Å²) in [5.41, 5.74) is -0.691. The summed E-state index contributed by atoms with van der Waals surface area (Å²) in [6, 6.07) is 36.8. The van der Waals surface area contributed by atoms with E-state index in [1.54, 1.807) is 24.3 Å². The number of amides is 2. The van der Waals surface area contributed by atoms with Gasteiger partial charge in [-0.25, -0.2) is 4.90 Å². The van der Waals surface area contributed by atoms with Crippen LogP contribution in [0.1, 0.15) is 62.3 Å². The Morgan fingerprint density at radius 3 is 1.86 bits per heavy atom. The molecule has 8 rings (SSSR count). The van der Waals surface area contributed by atoms with Crippen molar-refractivity contribution in [3.63, 3.8) is 0 Å². The molecule has 7 nitrogen and oxygen atoms in total. The first kappa shape index (κ1) is 46.8. The number of para-hydroxylation sites is 1. The number of carbonyl (C=O) groups excluding carboxylic acids is 2. The highest BCUT2D eigenvalue weighted by molar-refractivity contribution is 6.99. The van der Waals surface area contributed by atoms with Crippen LogP contribution in [0.25, 0.3) is 11.6 Å². The molecule has 2 aliphatic heterocycles. The SMILES string of the molecule is CC(C)(C)[Si](OCC1=C2[C@@H](CC/C(=C/c3ccccc3O)c3ccccc3)OB(O)C[C@@H]2[C@@H]2C(=O)N(c3cc(C(F)(F)F)cc(C(F)(F)F)c3)C(=O)[C@@H]2C1)(c1ccccc1)c1ccccc1. The average molecular weight is 924 g/mol. The smallest absolute Gasteiger partial charge is 0.455 e. The van der Waals surface area contributed by atoms with Gasteiger partial charge in [-0.1, -0.05) is 130 Å². The van der Waals surface area contributed by atoms with Gasteiger partial charge in [-0.05, 0) is 99.5 Å². The van der Waals surface area contributed by atoms with Crippen LogP contribution in [-0.4, -0.2) is 50.1 Å². The number of anilines is 1. The number of nitrogens with zero attached hydrogens (tertiary/aromatic N) is 1.